The highest BCUT2D eigenvalue weighted by Crippen LogP contribution is 2.17. The van der Waals surface area contributed by atoms with Crippen molar-refractivity contribution in [1.29, 1.82) is 0 Å². The first kappa shape index (κ1) is 6.10. The summed E-state index contributed by atoms with van der Waals surface area (Å²) in [6.07, 6.45) is 9.07. The quantitative estimate of drug-likeness (QED) is 0.493. The highest BCUT2D eigenvalue weighted by molar-refractivity contribution is 5.65. The third-order valence-electron chi connectivity index (χ3n) is 2.19. The fourth-order valence-corrected chi connectivity index (χ4v) is 1.59. The van der Waals surface area contributed by atoms with E-state index in [1.165, 1.54) is 12.8 Å². The summed E-state index contributed by atoms with van der Waals surface area (Å²) >= 11 is 0. The Morgan fingerprint density at radius 3 is 3.40 bits per heavy atom. The molecule has 1 heterocycles. The lowest BCUT2D eigenvalue weighted by Crippen LogP contribution is -2.40. The lowest BCUT2D eigenvalue weighted by atomic mass is 9.90. The molecular formula is C8H12N2. The van der Waals surface area contributed by atoms with Crippen LogP contribution in [-0.2, 0) is 0 Å². The number of hydrogen-bond acceptors (Lipinski definition) is 2. The standard InChI is InChI=1S/C8H12N2/c1-2-4-8-7(3-1)5-9-6-10-8/h1,3,5,7-8,10H,2,4,6H2. The molecule has 0 fully saturated rings. The minimum atomic E-state index is 0.572. The maximum absolute atomic E-state index is 4.17. The predicted molar refractivity (Wildman–Crippen MR) is 42.1 cm³/mol. The molecule has 2 atom stereocenters. The Hall–Kier alpha value is -0.630. The van der Waals surface area contributed by atoms with Gasteiger partial charge in [0.05, 0.1) is 6.67 Å². The summed E-state index contributed by atoms with van der Waals surface area (Å²) < 4.78 is 0. The van der Waals surface area contributed by atoms with Crippen molar-refractivity contribution >= 4 is 6.21 Å². The first-order valence-electron chi connectivity index (χ1n) is 3.87. The third kappa shape index (κ3) is 0.991. The molecule has 1 aliphatic carbocycles. The Labute approximate surface area is 61.0 Å². The molecule has 0 bridgehead atoms. The zero-order valence-electron chi connectivity index (χ0n) is 5.96. The van der Waals surface area contributed by atoms with Gasteiger partial charge in [-0.2, -0.15) is 0 Å². The molecule has 0 aromatic heterocycles. The van der Waals surface area contributed by atoms with Crippen LogP contribution in [0.2, 0.25) is 0 Å². The van der Waals surface area contributed by atoms with Crippen LogP contribution in [0.1, 0.15) is 12.8 Å². The fraction of sp³-hybridized carbons (Fsp3) is 0.625. The van der Waals surface area contributed by atoms with Gasteiger partial charge in [0, 0.05) is 18.2 Å². The highest BCUT2D eigenvalue weighted by Gasteiger charge is 2.20. The first-order chi connectivity index (χ1) is 4.97. The Morgan fingerprint density at radius 2 is 2.50 bits per heavy atom. The molecule has 2 nitrogen and oxygen atoms in total. The van der Waals surface area contributed by atoms with E-state index in [1.54, 1.807) is 0 Å². The zero-order valence-corrected chi connectivity index (χ0v) is 5.96. The first-order valence-corrected chi connectivity index (χ1v) is 3.87. The van der Waals surface area contributed by atoms with Crippen molar-refractivity contribution in [2.24, 2.45) is 10.9 Å². The summed E-state index contributed by atoms with van der Waals surface area (Å²) in [5.41, 5.74) is 0. The summed E-state index contributed by atoms with van der Waals surface area (Å²) in [5.74, 6) is 0.572. The minimum absolute atomic E-state index is 0.572. The van der Waals surface area contributed by atoms with Crippen molar-refractivity contribution in [3.63, 3.8) is 0 Å². The van der Waals surface area contributed by atoms with Crippen molar-refractivity contribution in [2.45, 2.75) is 18.9 Å². The SMILES string of the molecule is C1=CC2C=NCNC2CC1. The fourth-order valence-electron chi connectivity index (χ4n) is 1.59. The van der Waals surface area contributed by atoms with E-state index >= 15 is 0 Å². The van der Waals surface area contributed by atoms with Crippen LogP contribution in [0.15, 0.2) is 17.1 Å². The molecule has 0 aromatic rings. The number of nitrogens with zero attached hydrogens (tertiary/aromatic N) is 1. The number of nitrogens with one attached hydrogen (secondary N) is 1. The van der Waals surface area contributed by atoms with Crippen LogP contribution in [0.25, 0.3) is 0 Å². The van der Waals surface area contributed by atoms with E-state index in [2.05, 4.69) is 28.7 Å². The number of fused-ring (bicyclic) bond motifs is 1. The van der Waals surface area contributed by atoms with E-state index in [0.29, 0.717) is 12.0 Å². The molecule has 0 saturated carbocycles. The molecule has 2 unspecified atom stereocenters. The van der Waals surface area contributed by atoms with Crippen LogP contribution in [-0.4, -0.2) is 18.9 Å². The van der Waals surface area contributed by atoms with Gasteiger partial charge in [-0.15, -0.1) is 0 Å². The Bertz CT molecular complexity index is 154. The molecular weight excluding hydrogens is 124 g/mol. The second kappa shape index (κ2) is 2.54. The zero-order chi connectivity index (χ0) is 6.81. The number of aliphatic imine (C=N–C) groups is 1. The number of hydrogen-bond donors (Lipinski definition) is 1. The van der Waals surface area contributed by atoms with Gasteiger partial charge in [-0.3, -0.25) is 10.3 Å². The van der Waals surface area contributed by atoms with E-state index in [4.69, 9.17) is 0 Å². The van der Waals surface area contributed by atoms with Crippen molar-refractivity contribution in [2.75, 3.05) is 6.67 Å². The van der Waals surface area contributed by atoms with Crippen LogP contribution >= 0.6 is 0 Å². The average Bonchev–Trinajstić information content (AvgIpc) is 2.05. The van der Waals surface area contributed by atoms with Crippen LogP contribution < -0.4 is 5.32 Å². The van der Waals surface area contributed by atoms with Crippen LogP contribution in [0.4, 0.5) is 0 Å². The van der Waals surface area contributed by atoms with Gasteiger partial charge in [0.15, 0.2) is 0 Å². The lowest BCUT2D eigenvalue weighted by Gasteiger charge is -2.28. The molecule has 1 aliphatic heterocycles. The van der Waals surface area contributed by atoms with Crippen molar-refractivity contribution in [3.05, 3.63) is 12.2 Å². The van der Waals surface area contributed by atoms with E-state index in [1.807, 2.05) is 0 Å². The summed E-state index contributed by atoms with van der Waals surface area (Å²) in [6.45, 7) is 0.814. The minimum Gasteiger partial charge on any atom is -0.295 e. The normalized spacial score (nSPS) is 37.6. The molecule has 2 aliphatic rings. The molecule has 0 radical (unpaired) electrons. The predicted octanol–water partition coefficient (Wildman–Crippen LogP) is 0.953. The van der Waals surface area contributed by atoms with Crippen molar-refractivity contribution in [1.82, 2.24) is 5.32 Å². The molecule has 0 aromatic carbocycles. The summed E-state index contributed by atoms with van der Waals surface area (Å²) in [7, 11) is 0. The Morgan fingerprint density at radius 1 is 1.50 bits per heavy atom. The van der Waals surface area contributed by atoms with Gasteiger partial charge in [0.25, 0.3) is 0 Å². The monoisotopic (exact) mass is 136 g/mol. The van der Waals surface area contributed by atoms with Crippen LogP contribution in [0.3, 0.4) is 0 Å². The Kier molecular flexibility index (Phi) is 1.55. The summed E-state index contributed by atoms with van der Waals surface area (Å²) in [5, 5.41) is 3.37. The summed E-state index contributed by atoms with van der Waals surface area (Å²) in [6, 6.07) is 0.669. The van der Waals surface area contributed by atoms with Gasteiger partial charge in [0.2, 0.25) is 0 Å². The van der Waals surface area contributed by atoms with Crippen molar-refractivity contribution < 1.29 is 0 Å². The second-order valence-corrected chi connectivity index (χ2v) is 2.88. The maximum Gasteiger partial charge on any atom is 0.0883 e. The molecule has 0 spiro atoms. The van der Waals surface area contributed by atoms with Crippen LogP contribution in [0, 0.1) is 5.92 Å². The lowest BCUT2D eigenvalue weighted by molar-refractivity contribution is 0.427. The molecule has 2 heteroatoms. The largest absolute Gasteiger partial charge is 0.295 e. The van der Waals surface area contributed by atoms with E-state index < -0.39 is 0 Å². The highest BCUT2D eigenvalue weighted by atomic mass is 15.1. The number of allylic oxidation sites excluding steroid dienone is 1. The molecule has 0 amide bonds. The van der Waals surface area contributed by atoms with E-state index in [9.17, 15) is 0 Å². The maximum atomic E-state index is 4.17. The second-order valence-electron chi connectivity index (χ2n) is 2.88. The van der Waals surface area contributed by atoms with Crippen LogP contribution in [0.5, 0.6) is 0 Å². The Balaban J connectivity index is 2.15. The topological polar surface area (TPSA) is 24.4 Å². The van der Waals surface area contributed by atoms with E-state index in [0.717, 1.165) is 6.67 Å². The van der Waals surface area contributed by atoms with Gasteiger partial charge in [0.1, 0.15) is 0 Å². The molecule has 0 saturated heterocycles. The molecule has 10 heavy (non-hydrogen) atoms. The summed E-state index contributed by atoms with van der Waals surface area (Å²) in [4.78, 5) is 4.17. The van der Waals surface area contributed by atoms with Gasteiger partial charge >= 0.3 is 0 Å². The molecule has 2 rings (SSSR count). The van der Waals surface area contributed by atoms with E-state index in [-0.39, 0.29) is 0 Å². The van der Waals surface area contributed by atoms with Gasteiger partial charge in [-0.25, -0.2) is 0 Å². The smallest absolute Gasteiger partial charge is 0.0883 e. The number of rotatable bonds is 0. The van der Waals surface area contributed by atoms with Crippen molar-refractivity contribution in [3.8, 4) is 0 Å². The molecule has 54 valence electrons. The van der Waals surface area contributed by atoms with Gasteiger partial charge < -0.3 is 0 Å². The average molecular weight is 136 g/mol. The van der Waals surface area contributed by atoms with Gasteiger partial charge in [-0.05, 0) is 12.8 Å². The molecule has 1 N–H and O–H groups in total. The van der Waals surface area contributed by atoms with Gasteiger partial charge in [-0.1, -0.05) is 12.2 Å². The third-order valence-corrected chi connectivity index (χ3v) is 2.19.